The van der Waals surface area contributed by atoms with Gasteiger partial charge >= 0.3 is 11.9 Å². The molecule has 1 atom stereocenters. The minimum atomic E-state index is -1.20. The Morgan fingerprint density at radius 2 is 1.31 bits per heavy atom. The first-order valence-corrected chi connectivity index (χ1v) is 17.4. The number of amides is 3. The lowest BCUT2D eigenvalue weighted by Gasteiger charge is -2.47. The normalized spacial score (nSPS) is 17.3. The van der Waals surface area contributed by atoms with Crippen molar-refractivity contribution in [2.24, 2.45) is 0 Å². The number of anilines is 1. The first kappa shape index (κ1) is 34.3. The highest BCUT2D eigenvalue weighted by atomic mass is 32.2. The van der Waals surface area contributed by atoms with E-state index in [1.165, 1.54) is 14.2 Å². The van der Waals surface area contributed by atoms with Crippen LogP contribution < -0.4 is 4.90 Å². The van der Waals surface area contributed by atoms with Crippen molar-refractivity contribution >= 4 is 81.5 Å². The number of nitrogens with zero attached hydrogens (tertiary/aromatic N) is 2. The molecule has 3 aromatic carbocycles. The molecule has 3 aromatic rings. The van der Waals surface area contributed by atoms with E-state index in [0.717, 1.165) is 45.1 Å². The number of benzene rings is 3. The summed E-state index contributed by atoms with van der Waals surface area (Å²) in [6.07, 6.45) is 0.0825. The van der Waals surface area contributed by atoms with Gasteiger partial charge in [0.15, 0.2) is 0 Å². The molecule has 0 saturated carbocycles. The van der Waals surface area contributed by atoms with Crippen molar-refractivity contribution in [2.45, 2.75) is 45.7 Å². The summed E-state index contributed by atoms with van der Waals surface area (Å²) in [7, 11) is 2.47. The van der Waals surface area contributed by atoms with Crippen LogP contribution in [0, 0.1) is 13.8 Å². The van der Waals surface area contributed by atoms with Gasteiger partial charge in [0.2, 0.25) is 0 Å². The number of aryl methyl sites for hydroxylation is 2. The number of methoxy groups -OCH3 is 2. The Morgan fingerprint density at radius 1 is 0.796 bits per heavy atom. The van der Waals surface area contributed by atoms with Crippen LogP contribution in [0.15, 0.2) is 80.8 Å². The van der Waals surface area contributed by atoms with E-state index in [1.54, 1.807) is 29.2 Å². The quantitative estimate of drug-likeness (QED) is 0.123. The number of thiocarbonyl (C=S) groups is 1. The maximum Gasteiger partial charge on any atom is 0.346 e. The van der Waals surface area contributed by atoms with Crippen LogP contribution in [0.2, 0.25) is 0 Å². The van der Waals surface area contributed by atoms with E-state index in [2.05, 4.69) is 0 Å². The molecule has 250 valence electrons. The number of ether oxygens (including phenoxy) is 2. The predicted molar refractivity (Wildman–Crippen MR) is 194 cm³/mol. The Kier molecular flexibility index (Phi) is 9.16. The molecular weight excluding hydrogens is 681 g/mol. The SMILES string of the molecule is COC(=O)C1=C(C(=O)OC)SC(=C2C(=S)C(C)(C)N(C(=O)C(Cc3ccccc3)N3C(=O)c4ccccc4C3=O)c3cc(C)c(C)cc32)S1. The number of thioether (sulfide) groups is 2. The summed E-state index contributed by atoms with van der Waals surface area (Å²) >= 11 is 8.33. The number of esters is 2. The summed E-state index contributed by atoms with van der Waals surface area (Å²) in [5, 5.41) is 0. The summed E-state index contributed by atoms with van der Waals surface area (Å²) < 4.78 is 10.5. The second-order valence-corrected chi connectivity index (χ2v) is 15.0. The van der Waals surface area contributed by atoms with Crippen LogP contribution >= 0.6 is 35.7 Å². The van der Waals surface area contributed by atoms with Gasteiger partial charge in [0.25, 0.3) is 17.7 Å². The Bertz CT molecular complexity index is 1990. The van der Waals surface area contributed by atoms with Crippen molar-refractivity contribution in [3.63, 3.8) is 0 Å². The topological polar surface area (TPSA) is 110 Å². The van der Waals surface area contributed by atoms with Gasteiger partial charge in [-0.1, -0.05) is 78.2 Å². The van der Waals surface area contributed by atoms with Crippen LogP contribution in [-0.4, -0.2) is 65.2 Å². The van der Waals surface area contributed by atoms with Crippen molar-refractivity contribution in [3.05, 3.63) is 114 Å². The molecule has 0 N–H and O–H groups in total. The van der Waals surface area contributed by atoms with E-state index in [-0.39, 0.29) is 27.4 Å². The van der Waals surface area contributed by atoms with Gasteiger partial charge in [-0.2, -0.15) is 0 Å². The average molecular weight is 713 g/mol. The summed E-state index contributed by atoms with van der Waals surface area (Å²) in [5.41, 5.74) is 3.66. The molecule has 49 heavy (non-hydrogen) atoms. The minimum absolute atomic E-state index is 0.0825. The fraction of sp³-hybridized carbons (Fsp3) is 0.243. The highest BCUT2D eigenvalue weighted by Crippen LogP contribution is 2.56. The molecule has 0 spiro atoms. The van der Waals surface area contributed by atoms with Crippen molar-refractivity contribution in [1.29, 1.82) is 0 Å². The fourth-order valence-corrected chi connectivity index (χ4v) is 9.27. The standard InChI is InChI=1S/C37H32N2O7S3/c1-19-16-24-25(17-20(19)2)39(37(3,4)30(47)27(24)36-48-28(34(43)45-5)29(49-36)35(44)46-6)33(42)26(18-21-12-8-7-9-13-21)38-31(40)22-14-10-11-15-23(22)32(38)41/h7-17,26H,18H2,1-6H3. The molecule has 3 aliphatic heterocycles. The highest BCUT2D eigenvalue weighted by Gasteiger charge is 2.51. The smallest absolute Gasteiger partial charge is 0.346 e. The third-order valence-electron chi connectivity index (χ3n) is 8.92. The van der Waals surface area contributed by atoms with Crippen LogP contribution in [0.25, 0.3) is 5.57 Å². The lowest BCUT2D eigenvalue weighted by atomic mass is 9.81. The van der Waals surface area contributed by atoms with E-state index >= 15 is 4.79 Å². The molecule has 6 rings (SSSR count). The van der Waals surface area contributed by atoms with Crippen LogP contribution in [0.3, 0.4) is 0 Å². The number of hydrogen-bond donors (Lipinski definition) is 0. The Morgan fingerprint density at radius 3 is 1.84 bits per heavy atom. The lowest BCUT2D eigenvalue weighted by Crippen LogP contribution is -2.62. The van der Waals surface area contributed by atoms with Crippen LogP contribution in [0.1, 0.15) is 56.8 Å². The molecule has 9 nitrogen and oxygen atoms in total. The molecule has 0 aliphatic carbocycles. The number of imide groups is 1. The predicted octanol–water partition coefficient (Wildman–Crippen LogP) is 6.41. The maximum atomic E-state index is 15.2. The Labute approximate surface area is 297 Å². The molecule has 0 saturated heterocycles. The number of fused-ring (bicyclic) bond motifs is 2. The molecule has 1 unspecified atom stereocenters. The van der Waals surface area contributed by atoms with Crippen molar-refractivity contribution in [3.8, 4) is 0 Å². The van der Waals surface area contributed by atoms with Gasteiger partial charge in [-0.3, -0.25) is 24.2 Å². The van der Waals surface area contributed by atoms with E-state index in [0.29, 0.717) is 25.9 Å². The number of carbonyl (C=O) groups excluding carboxylic acids is 5. The largest absolute Gasteiger partial charge is 0.465 e. The molecule has 3 heterocycles. The maximum absolute atomic E-state index is 15.2. The number of rotatable bonds is 6. The van der Waals surface area contributed by atoms with Gasteiger partial charge in [0.1, 0.15) is 15.9 Å². The van der Waals surface area contributed by atoms with E-state index in [4.69, 9.17) is 21.7 Å². The van der Waals surface area contributed by atoms with Crippen molar-refractivity contribution in [2.75, 3.05) is 19.1 Å². The number of hydrogen-bond acceptors (Lipinski definition) is 10. The molecular formula is C37H32N2O7S3. The molecule has 0 fully saturated rings. The third kappa shape index (κ3) is 5.71. The summed E-state index contributed by atoms with van der Waals surface area (Å²) in [6.45, 7) is 7.50. The summed E-state index contributed by atoms with van der Waals surface area (Å²) in [4.78, 5) is 71.7. The first-order valence-electron chi connectivity index (χ1n) is 15.3. The van der Waals surface area contributed by atoms with Gasteiger partial charge in [-0.05, 0) is 68.7 Å². The van der Waals surface area contributed by atoms with E-state index in [9.17, 15) is 19.2 Å². The molecule has 0 aromatic heterocycles. The van der Waals surface area contributed by atoms with Gasteiger partial charge in [-0.25, -0.2) is 9.59 Å². The number of carbonyl (C=O) groups is 5. The third-order valence-corrected chi connectivity index (χ3v) is 12.2. The lowest BCUT2D eigenvalue weighted by molar-refractivity contribution is -0.138. The van der Waals surface area contributed by atoms with Crippen LogP contribution in [0.5, 0.6) is 0 Å². The van der Waals surface area contributed by atoms with Crippen LogP contribution in [-0.2, 0) is 30.3 Å². The zero-order valence-corrected chi connectivity index (χ0v) is 30.1. The second-order valence-electron chi connectivity index (χ2n) is 12.3. The van der Waals surface area contributed by atoms with E-state index < -0.39 is 41.2 Å². The van der Waals surface area contributed by atoms with Gasteiger partial charge < -0.3 is 9.47 Å². The fourth-order valence-electron chi connectivity index (χ4n) is 6.24. The monoisotopic (exact) mass is 712 g/mol. The van der Waals surface area contributed by atoms with Gasteiger partial charge in [-0.15, -0.1) is 0 Å². The van der Waals surface area contributed by atoms with Crippen molar-refractivity contribution in [1.82, 2.24) is 4.90 Å². The zero-order chi connectivity index (χ0) is 35.4. The molecule has 3 aliphatic rings. The molecule has 3 amide bonds. The molecule has 12 heteroatoms. The summed E-state index contributed by atoms with van der Waals surface area (Å²) in [5.74, 6) is -2.92. The minimum Gasteiger partial charge on any atom is -0.465 e. The molecule has 0 radical (unpaired) electrons. The summed E-state index contributed by atoms with van der Waals surface area (Å²) in [6, 6.07) is 18.4. The average Bonchev–Trinajstić information content (AvgIpc) is 3.64. The van der Waals surface area contributed by atoms with Gasteiger partial charge in [0, 0.05) is 17.6 Å². The first-order chi connectivity index (χ1) is 23.3. The second kappa shape index (κ2) is 13.1. The zero-order valence-electron chi connectivity index (χ0n) is 27.6. The van der Waals surface area contributed by atoms with E-state index in [1.807, 2.05) is 70.2 Å². The van der Waals surface area contributed by atoms with Crippen LogP contribution in [0.4, 0.5) is 5.69 Å². The van der Waals surface area contributed by atoms with Crippen molar-refractivity contribution < 1.29 is 33.4 Å². The Hall–Kier alpha value is -4.52. The van der Waals surface area contributed by atoms with Gasteiger partial charge in [0.05, 0.1) is 45.7 Å². The Balaban J connectivity index is 1.52. The highest BCUT2D eigenvalue weighted by molar-refractivity contribution is 8.29. The molecule has 0 bridgehead atoms.